The lowest BCUT2D eigenvalue weighted by Crippen LogP contribution is -2.17. The van der Waals surface area contributed by atoms with Crippen LogP contribution in [0.25, 0.3) is 0 Å². The maximum atomic E-state index is 13.4. The number of benzene rings is 1. The minimum atomic E-state index is -0.352. The summed E-state index contributed by atoms with van der Waals surface area (Å²) in [5, 5.41) is 10.9. The molecule has 0 bridgehead atoms. The first-order chi connectivity index (χ1) is 10.0. The number of aromatic nitrogens is 3. The second kappa shape index (κ2) is 6.57. The summed E-state index contributed by atoms with van der Waals surface area (Å²) in [6, 6.07) is 4.56. The number of nitrogens with one attached hydrogen (secondary N) is 1. The van der Waals surface area contributed by atoms with E-state index in [1.165, 1.54) is 22.5 Å². The van der Waals surface area contributed by atoms with E-state index in [2.05, 4.69) is 15.5 Å². The van der Waals surface area contributed by atoms with Crippen LogP contribution in [0.2, 0.25) is 0 Å². The molecule has 0 aliphatic carbocycles. The zero-order valence-electron chi connectivity index (χ0n) is 11.8. The zero-order valence-corrected chi connectivity index (χ0v) is 12.6. The maximum Gasteiger partial charge on any atom is 0.234 e. The number of thioether (sulfide) groups is 1. The van der Waals surface area contributed by atoms with E-state index in [9.17, 15) is 9.18 Å². The van der Waals surface area contributed by atoms with Gasteiger partial charge in [0.25, 0.3) is 0 Å². The molecule has 0 atom stereocenters. The van der Waals surface area contributed by atoms with E-state index in [0.29, 0.717) is 28.7 Å². The van der Waals surface area contributed by atoms with E-state index in [4.69, 9.17) is 5.84 Å². The van der Waals surface area contributed by atoms with E-state index in [0.717, 1.165) is 0 Å². The van der Waals surface area contributed by atoms with Gasteiger partial charge in [-0.3, -0.25) is 4.79 Å². The summed E-state index contributed by atoms with van der Waals surface area (Å²) in [7, 11) is 0. The molecule has 112 valence electrons. The first kappa shape index (κ1) is 15.3. The Bertz CT molecular complexity index is 658. The molecule has 3 N–H and O–H groups in total. The minimum Gasteiger partial charge on any atom is -0.336 e. The van der Waals surface area contributed by atoms with Crippen LogP contribution >= 0.6 is 11.8 Å². The SMILES string of the molecule is CCc1nnc(SCC(=O)Nc2cccc(F)c2C)n1N. The van der Waals surface area contributed by atoms with Crippen LogP contribution in [0.4, 0.5) is 10.1 Å². The van der Waals surface area contributed by atoms with Crippen molar-refractivity contribution in [3.63, 3.8) is 0 Å². The Labute approximate surface area is 125 Å². The molecule has 1 amide bonds. The molecule has 0 saturated heterocycles. The van der Waals surface area contributed by atoms with Crippen molar-refractivity contribution >= 4 is 23.4 Å². The smallest absolute Gasteiger partial charge is 0.234 e. The van der Waals surface area contributed by atoms with Crippen LogP contribution in [0.3, 0.4) is 0 Å². The van der Waals surface area contributed by atoms with E-state index >= 15 is 0 Å². The molecule has 1 heterocycles. The Hall–Kier alpha value is -2.09. The number of anilines is 1. The topological polar surface area (TPSA) is 85.8 Å². The van der Waals surface area contributed by atoms with Gasteiger partial charge in [-0.1, -0.05) is 24.8 Å². The molecule has 0 saturated carbocycles. The first-order valence-electron chi connectivity index (χ1n) is 6.40. The number of amides is 1. The minimum absolute atomic E-state index is 0.120. The van der Waals surface area contributed by atoms with Crippen LogP contribution in [-0.2, 0) is 11.2 Å². The van der Waals surface area contributed by atoms with E-state index in [1.807, 2.05) is 6.92 Å². The number of nitrogen functional groups attached to an aromatic ring is 1. The fraction of sp³-hybridized carbons (Fsp3) is 0.308. The molecule has 0 radical (unpaired) electrons. The second-order valence-electron chi connectivity index (χ2n) is 4.37. The number of hydrogen-bond acceptors (Lipinski definition) is 5. The van der Waals surface area contributed by atoms with Gasteiger partial charge in [-0.2, -0.15) is 0 Å². The summed E-state index contributed by atoms with van der Waals surface area (Å²) in [5.41, 5.74) is 0.871. The third kappa shape index (κ3) is 3.52. The third-order valence-electron chi connectivity index (χ3n) is 2.93. The van der Waals surface area contributed by atoms with E-state index in [-0.39, 0.29) is 17.5 Å². The lowest BCUT2D eigenvalue weighted by Gasteiger charge is -2.08. The van der Waals surface area contributed by atoms with Gasteiger partial charge in [0, 0.05) is 17.7 Å². The molecule has 2 rings (SSSR count). The van der Waals surface area contributed by atoms with Crippen molar-refractivity contribution in [3.05, 3.63) is 35.4 Å². The van der Waals surface area contributed by atoms with Crippen LogP contribution in [0, 0.1) is 12.7 Å². The standard InChI is InChI=1S/C13H16FN5OS/c1-3-11-17-18-13(19(11)15)21-7-12(20)16-10-6-4-5-9(14)8(10)2/h4-6H,3,7,15H2,1-2H3,(H,16,20). The highest BCUT2D eigenvalue weighted by atomic mass is 32.2. The van der Waals surface area contributed by atoms with Gasteiger partial charge in [-0.15, -0.1) is 10.2 Å². The van der Waals surface area contributed by atoms with Crippen molar-refractivity contribution in [3.8, 4) is 0 Å². The van der Waals surface area contributed by atoms with E-state index in [1.54, 1.807) is 19.1 Å². The van der Waals surface area contributed by atoms with Gasteiger partial charge in [-0.25, -0.2) is 9.07 Å². The molecule has 1 aromatic carbocycles. The molecule has 0 fully saturated rings. The van der Waals surface area contributed by atoms with Gasteiger partial charge in [0.2, 0.25) is 11.1 Å². The van der Waals surface area contributed by atoms with Crippen LogP contribution in [0.15, 0.2) is 23.4 Å². The van der Waals surface area contributed by atoms with Gasteiger partial charge >= 0.3 is 0 Å². The molecule has 8 heteroatoms. The number of rotatable bonds is 5. The molecular formula is C13H16FN5OS. The van der Waals surface area contributed by atoms with Gasteiger partial charge in [-0.05, 0) is 19.1 Å². The number of nitrogens with zero attached hydrogens (tertiary/aromatic N) is 3. The highest BCUT2D eigenvalue weighted by Crippen LogP contribution is 2.19. The maximum absolute atomic E-state index is 13.4. The molecule has 0 aliphatic heterocycles. The second-order valence-corrected chi connectivity index (χ2v) is 5.31. The van der Waals surface area contributed by atoms with E-state index < -0.39 is 0 Å². The van der Waals surface area contributed by atoms with Crippen molar-refractivity contribution in [2.75, 3.05) is 16.9 Å². The normalized spacial score (nSPS) is 10.6. The van der Waals surface area contributed by atoms with Crippen molar-refractivity contribution < 1.29 is 9.18 Å². The Kier molecular flexibility index (Phi) is 4.79. The number of carbonyl (C=O) groups is 1. The number of aryl methyl sites for hydroxylation is 1. The van der Waals surface area contributed by atoms with Crippen LogP contribution in [0.5, 0.6) is 0 Å². The Balaban J connectivity index is 1.96. The largest absolute Gasteiger partial charge is 0.336 e. The van der Waals surface area contributed by atoms with Crippen LogP contribution in [0.1, 0.15) is 18.3 Å². The molecule has 1 aromatic heterocycles. The van der Waals surface area contributed by atoms with Crippen LogP contribution < -0.4 is 11.2 Å². The molecule has 21 heavy (non-hydrogen) atoms. The average Bonchev–Trinajstić information content (AvgIpc) is 2.82. The van der Waals surface area contributed by atoms with Gasteiger partial charge in [0.15, 0.2) is 5.82 Å². The summed E-state index contributed by atoms with van der Waals surface area (Å²) in [6.45, 7) is 3.53. The van der Waals surface area contributed by atoms with Crippen molar-refractivity contribution in [2.24, 2.45) is 0 Å². The molecule has 2 aromatic rings. The molecule has 0 unspecified atom stereocenters. The predicted octanol–water partition coefficient (Wildman–Crippen LogP) is 1.73. The molecule has 6 nitrogen and oxygen atoms in total. The van der Waals surface area contributed by atoms with Crippen molar-refractivity contribution in [1.29, 1.82) is 0 Å². The number of halogens is 1. The van der Waals surface area contributed by atoms with Crippen molar-refractivity contribution in [1.82, 2.24) is 14.9 Å². The Morgan fingerprint density at radius 2 is 2.24 bits per heavy atom. The third-order valence-corrected chi connectivity index (χ3v) is 3.87. The fourth-order valence-corrected chi connectivity index (χ4v) is 2.38. The number of hydrogen-bond donors (Lipinski definition) is 2. The van der Waals surface area contributed by atoms with Gasteiger partial charge < -0.3 is 11.2 Å². The fourth-order valence-electron chi connectivity index (χ4n) is 1.71. The lowest BCUT2D eigenvalue weighted by molar-refractivity contribution is -0.113. The van der Waals surface area contributed by atoms with Gasteiger partial charge in [0.05, 0.1) is 5.75 Å². The summed E-state index contributed by atoms with van der Waals surface area (Å²) in [5.74, 6) is 5.95. The quantitative estimate of drug-likeness (QED) is 0.649. The average molecular weight is 309 g/mol. The van der Waals surface area contributed by atoms with Crippen molar-refractivity contribution in [2.45, 2.75) is 25.4 Å². The molecule has 0 spiro atoms. The lowest BCUT2D eigenvalue weighted by atomic mass is 10.2. The molecule has 0 aliphatic rings. The Morgan fingerprint density at radius 3 is 2.90 bits per heavy atom. The zero-order chi connectivity index (χ0) is 15.4. The van der Waals surface area contributed by atoms with Gasteiger partial charge in [0.1, 0.15) is 5.82 Å². The Morgan fingerprint density at radius 1 is 1.48 bits per heavy atom. The monoisotopic (exact) mass is 309 g/mol. The highest BCUT2D eigenvalue weighted by Gasteiger charge is 2.12. The summed E-state index contributed by atoms with van der Waals surface area (Å²) < 4.78 is 14.7. The first-order valence-corrected chi connectivity index (χ1v) is 7.38. The predicted molar refractivity (Wildman–Crippen MR) is 80.0 cm³/mol. The summed E-state index contributed by atoms with van der Waals surface area (Å²) in [6.07, 6.45) is 0.665. The summed E-state index contributed by atoms with van der Waals surface area (Å²) >= 11 is 1.18. The molecular weight excluding hydrogens is 293 g/mol. The number of carbonyl (C=O) groups excluding carboxylic acids is 1. The highest BCUT2D eigenvalue weighted by molar-refractivity contribution is 7.99. The van der Waals surface area contributed by atoms with Crippen LogP contribution in [-0.4, -0.2) is 26.5 Å². The summed E-state index contributed by atoms with van der Waals surface area (Å²) in [4.78, 5) is 11.9. The number of nitrogens with two attached hydrogens (primary N) is 1.